The van der Waals surface area contributed by atoms with Crippen molar-refractivity contribution in [3.8, 4) is 0 Å². The molecule has 1 aromatic rings. The largest absolute Gasteiger partial charge is 0.433 e. The van der Waals surface area contributed by atoms with Gasteiger partial charge >= 0.3 is 6.18 Å². The lowest BCUT2D eigenvalue weighted by Crippen LogP contribution is -2.44. The second kappa shape index (κ2) is 5.16. The van der Waals surface area contributed by atoms with Crippen LogP contribution in [0.25, 0.3) is 0 Å². The number of halogens is 3. The van der Waals surface area contributed by atoms with E-state index in [9.17, 15) is 18.0 Å². The van der Waals surface area contributed by atoms with Gasteiger partial charge < -0.3 is 10.2 Å². The highest BCUT2D eigenvalue weighted by Crippen LogP contribution is 2.30. The molecule has 1 N–H and O–H groups in total. The minimum atomic E-state index is -4.51. The highest BCUT2D eigenvalue weighted by atomic mass is 19.4. The molecule has 0 unspecified atom stereocenters. The fourth-order valence-corrected chi connectivity index (χ4v) is 2.45. The molecule has 1 saturated heterocycles. The number of nitrogens with one attached hydrogen (secondary N) is 1. The zero-order chi connectivity index (χ0) is 15.0. The molecule has 1 aromatic heterocycles. The lowest BCUT2D eigenvalue weighted by atomic mass is 10.2. The molecule has 0 aromatic carbocycles. The van der Waals surface area contributed by atoms with E-state index >= 15 is 0 Å². The summed E-state index contributed by atoms with van der Waals surface area (Å²) in [7, 11) is 0. The van der Waals surface area contributed by atoms with Gasteiger partial charge in [-0.15, -0.1) is 0 Å². The first kappa shape index (κ1) is 14.1. The molecule has 1 saturated carbocycles. The van der Waals surface area contributed by atoms with Crippen molar-refractivity contribution in [2.45, 2.75) is 43.9 Å². The lowest BCUT2D eigenvalue weighted by Gasteiger charge is -2.24. The van der Waals surface area contributed by atoms with Crippen LogP contribution in [-0.2, 0) is 11.0 Å². The van der Waals surface area contributed by atoms with Crippen LogP contribution in [0.15, 0.2) is 12.3 Å². The summed E-state index contributed by atoms with van der Waals surface area (Å²) >= 11 is 0. The van der Waals surface area contributed by atoms with Crippen LogP contribution in [0.1, 0.15) is 31.4 Å². The number of alkyl halides is 3. The fourth-order valence-electron chi connectivity index (χ4n) is 2.45. The Labute approximate surface area is 119 Å². The molecule has 21 heavy (non-hydrogen) atoms. The van der Waals surface area contributed by atoms with Gasteiger partial charge in [-0.2, -0.15) is 13.2 Å². The smallest absolute Gasteiger partial charge is 0.352 e. The Hall–Kier alpha value is -1.86. The van der Waals surface area contributed by atoms with Crippen LogP contribution in [0.5, 0.6) is 0 Å². The predicted molar refractivity (Wildman–Crippen MR) is 68.6 cm³/mol. The summed E-state index contributed by atoms with van der Waals surface area (Å²) in [5, 5.41) is 2.88. The standard InChI is InChI=1S/C13H15F3N4O/c14-13(15,16)10-5-6-17-12(19-10)20-7-1-2-9(20)11(21)18-8-3-4-8/h5-6,8-9H,1-4,7H2,(H,18,21)/t9-/m1/s1. The number of amides is 1. The molecule has 1 aliphatic carbocycles. The number of nitrogens with zero attached hydrogens (tertiary/aromatic N) is 3. The highest BCUT2D eigenvalue weighted by Gasteiger charge is 2.37. The second-order valence-corrected chi connectivity index (χ2v) is 5.37. The Balaban J connectivity index is 1.79. The maximum Gasteiger partial charge on any atom is 0.433 e. The van der Waals surface area contributed by atoms with Crippen LogP contribution >= 0.6 is 0 Å². The zero-order valence-corrected chi connectivity index (χ0v) is 11.2. The normalized spacial score (nSPS) is 22.4. The molecule has 1 aliphatic heterocycles. The molecule has 114 valence electrons. The van der Waals surface area contributed by atoms with Crippen molar-refractivity contribution in [2.75, 3.05) is 11.4 Å². The summed E-state index contributed by atoms with van der Waals surface area (Å²) in [6.07, 6.45) is -0.139. The van der Waals surface area contributed by atoms with E-state index in [1.54, 1.807) is 4.90 Å². The van der Waals surface area contributed by atoms with Crippen LogP contribution in [0, 0.1) is 0 Å². The van der Waals surface area contributed by atoms with E-state index in [-0.39, 0.29) is 17.9 Å². The van der Waals surface area contributed by atoms with Gasteiger partial charge in [0.05, 0.1) is 0 Å². The summed E-state index contributed by atoms with van der Waals surface area (Å²) in [4.78, 5) is 21.2. The van der Waals surface area contributed by atoms with E-state index in [2.05, 4.69) is 15.3 Å². The minimum absolute atomic E-state index is 0.0294. The van der Waals surface area contributed by atoms with Crippen LogP contribution in [0.3, 0.4) is 0 Å². The molecule has 2 heterocycles. The van der Waals surface area contributed by atoms with Gasteiger partial charge in [0.2, 0.25) is 11.9 Å². The second-order valence-electron chi connectivity index (χ2n) is 5.37. The van der Waals surface area contributed by atoms with Crippen LogP contribution in [0.4, 0.5) is 19.1 Å². The number of anilines is 1. The number of carbonyl (C=O) groups is 1. The van der Waals surface area contributed by atoms with Crippen molar-refractivity contribution in [3.63, 3.8) is 0 Å². The predicted octanol–water partition coefficient (Wildman–Crippen LogP) is 1.74. The Morgan fingerprint density at radius 2 is 2.10 bits per heavy atom. The molecule has 3 rings (SSSR count). The number of hydrogen-bond donors (Lipinski definition) is 1. The van der Waals surface area contributed by atoms with E-state index in [0.29, 0.717) is 13.0 Å². The number of carbonyl (C=O) groups excluding carboxylic acids is 1. The third-order valence-electron chi connectivity index (χ3n) is 3.67. The monoisotopic (exact) mass is 300 g/mol. The van der Waals surface area contributed by atoms with E-state index < -0.39 is 17.9 Å². The van der Waals surface area contributed by atoms with Gasteiger partial charge in [0.1, 0.15) is 11.7 Å². The lowest BCUT2D eigenvalue weighted by molar-refractivity contribution is -0.141. The van der Waals surface area contributed by atoms with Crippen molar-refractivity contribution in [1.82, 2.24) is 15.3 Å². The van der Waals surface area contributed by atoms with Gasteiger partial charge in [-0.3, -0.25) is 4.79 Å². The maximum absolute atomic E-state index is 12.7. The van der Waals surface area contributed by atoms with Gasteiger partial charge in [0.25, 0.3) is 0 Å². The van der Waals surface area contributed by atoms with Crippen LogP contribution < -0.4 is 10.2 Å². The third kappa shape index (κ3) is 3.08. The van der Waals surface area contributed by atoms with Crippen molar-refractivity contribution < 1.29 is 18.0 Å². The molecule has 8 heteroatoms. The minimum Gasteiger partial charge on any atom is -0.352 e. The van der Waals surface area contributed by atoms with Gasteiger partial charge in [0.15, 0.2) is 0 Å². The molecule has 1 atom stereocenters. The summed E-state index contributed by atoms with van der Waals surface area (Å²) in [6, 6.07) is 0.579. The summed E-state index contributed by atoms with van der Waals surface area (Å²) in [5.41, 5.74) is -0.985. The molecule has 0 radical (unpaired) electrons. The Bertz CT molecular complexity index is 544. The Morgan fingerprint density at radius 3 is 2.76 bits per heavy atom. The summed E-state index contributed by atoms with van der Waals surface area (Å²) in [5.74, 6) is -0.172. The van der Waals surface area contributed by atoms with Crippen molar-refractivity contribution in [1.29, 1.82) is 0 Å². The van der Waals surface area contributed by atoms with Crippen molar-refractivity contribution >= 4 is 11.9 Å². The van der Waals surface area contributed by atoms with Crippen molar-refractivity contribution in [2.24, 2.45) is 0 Å². The topological polar surface area (TPSA) is 58.1 Å². The quantitative estimate of drug-likeness (QED) is 0.924. The molecule has 1 amide bonds. The van der Waals surface area contributed by atoms with Crippen LogP contribution in [-0.4, -0.2) is 34.5 Å². The molecule has 0 spiro atoms. The Morgan fingerprint density at radius 1 is 1.33 bits per heavy atom. The average Bonchev–Trinajstić information content (AvgIpc) is 3.10. The molecular formula is C13H15F3N4O. The fraction of sp³-hybridized carbons (Fsp3) is 0.615. The van der Waals surface area contributed by atoms with E-state index in [1.807, 2.05) is 0 Å². The molecule has 2 aliphatic rings. The van der Waals surface area contributed by atoms with E-state index in [4.69, 9.17) is 0 Å². The van der Waals surface area contributed by atoms with Crippen LogP contribution in [0.2, 0.25) is 0 Å². The Kier molecular flexibility index (Phi) is 3.46. The number of rotatable bonds is 3. The first-order valence-electron chi connectivity index (χ1n) is 6.92. The van der Waals surface area contributed by atoms with Gasteiger partial charge in [-0.1, -0.05) is 0 Å². The van der Waals surface area contributed by atoms with E-state index in [1.165, 1.54) is 0 Å². The van der Waals surface area contributed by atoms with Gasteiger partial charge in [0, 0.05) is 18.8 Å². The number of aromatic nitrogens is 2. The maximum atomic E-state index is 12.7. The molecule has 2 fully saturated rings. The average molecular weight is 300 g/mol. The van der Waals surface area contributed by atoms with Crippen molar-refractivity contribution in [3.05, 3.63) is 18.0 Å². The third-order valence-corrected chi connectivity index (χ3v) is 3.67. The summed E-state index contributed by atoms with van der Waals surface area (Å²) in [6.45, 7) is 0.490. The first-order chi connectivity index (χ1) is 9.95. The van der Waals surface area contributed by atoms with E-state index in [0.717, 1.165) is 31.5 Å². The van der Waals surface area contributed by atoms with Gasteiger partial charge in [-0.25, -0.2) is 9.97 Å². The highest BCUT2D eigenvalue weighted by molar-refractivity contribution is 5.85. The molecular weight excluding hydrogens is 285 g/mol. The summed E-state index contributed by atoms with van der Waals surface area (Å²) < 4.78 is 38.1. The van der Waals surface area contributed by atoms with Gasteiger partial charge in [-0.05, 0) is 31.7 Å². The number of hydrogen-bond acceptors (Lipinski definition) is 4. The SMILES string of the molecule is O=C(NC1CC1)[C@H]1CCCN1c1nccc(C(F)(F)F)n1. The first-order valence-corrected chi connectivity index (χ1v) is 6.92. The zero-order valence-electron chi connectivity index (χ0n) is 11.2. The molecule has 5 nitrogen and oxygen atoms in total. The molecule has 0 bridgehead atoms.